The number of rotatable bonds is 4. The molecule has 0 amide bonds. The average Bonchev–Trinajstić information content (AvgIpc) is 2.16. The van der Waals surface area contributed by atoms with Crippen LogP contribution in [0.15, 0.2) is 18.2 Å². The van der Waals surface area contributed by atoms with Gasteiger partial charge in [0.25, 0.3) is 0 Å². The molecule has 0 aliphatic carbocycles. The Kier molecular flexibility index (Phi) is 3.98. The number of halogens is 2. The van der Waals surface area contributed by atoms with Crippen molar-refractivity contribution in [3.63, 3.8) is 0 Å². The summed E-state index contributed by atoms with van der Waals surface area (Å²) < 4.78 is 31.6. The summed E-state index contributed by atoms with van der Waals surface area (Å²) in [4.78, 5) is 0. The largest absolute Gasteiger partial charge is 0.372 e. The van der Waals surface area contributed by atoms with Crippen molar-refractivity contribution in [3.8, 4) is 0 Å². The number of benzene rings is 1. The molecule has 0 saturated carbocycles. The normalized spacial score (nSPS) is 12.9. The molecule has 78 valence electrons. The minimum Gasteiger partial charge on any atom is -0.372 e. The number of hydrogen-bond donors (Lipinski definition) is 1. The molecule has 0 heterocycles. The van der Waals surface area contributed by atoms with Crippen molar-refractivity contribution < 1.29 is 13.5 Å². The summed E-state index contributed by atoms with van der Waals surface area (Å²) in [5.41, 5.74) is 5.28. The third kappa shape index (κ3) is 2.27. The maximum absolute atomic E-state index is 13.2. The van der Waals surface area contributed by atoms with Gasteiger partial charge in [0, 0.05) is 13.2 Å². The maximum atomic E-state index is 13.2. The van der Waals surface area contributed by atoms with Crippen molar-refractivity contribution in [3.05, 3.63) is 35.4 Å². The molecule has 1 rings (SSSR count). The van der Waals surface area contributed by atoms with Crippen LogP contribution in [0.3, 0.4) is 0 Å². The van der Waals surface area contributed by atoms with E-state index in [4.69, 9.17) is 10.5 Å². The number of hydrogen-bond acceptors (Lipinski definition) is 2. The summed E-state index contributed by atoms with van der Waals surface area (Å²) in [6.07, 6.45) is -0.707. The molecular weight excluding hydrogens is 188 g/mol. The fraction of sp³-hybridized carbons (Fsp3) is 0.400. The van der Waals surface area contributed by atoms with E-state index in [0.717, 1.165) is 0 Å². The van der Waals surface area contributed by atoms with Crippen LogP contribution >= 0.6 is 0 Å². The molecule has 0 spiro atoms. The van der Waals surface area contributed by atoms with Crippen LogP contribution in [0, 0.1) is 11.6 Å². The Morgan fingerprint density at radius 2 is 1.93 bits per heavy atom. The van der Waals surface area contributed by atoms with Crippen LogP contribution in [-0.4, -0.2) is 13.2 Å². The Labute approximate surface area is 81.7 Å². The first-order chi connectivity index (χ1) is 6.70. The molecule has 1 unspecified atom stereocenters. The highest BCUT2D eigenvalue weighted by Gasteiger charge is 2.18. The van der Waals surface area contributed by atoms with Gasteiger partial charge in [-0.05, 0) is 19.1 Å². The molecule has 0 saturated heterocycles. The molecule has 1 atom stereocenters. The van der Waals surface area contributed by atoms with Crippen LogP contribution in [0.2, 0.25) is 0 Å². The molecule has 0 aliphatic heterocycles. The highest BCUT2D eigenvalue weighted by molar-refractivity contribution is 5.22. The van der Waals surface area contributed by atoms with Crippen molar-refractivity contribution >= 4 is 0 Å². The molecular formula is C10H13F2NO. The zero-order valence-electron chi connectivity index (χ0n) is 7.97. The number of ether oxygens (including phenoxy) is 1. The Morgan fingerprint density at radius 1 is 1.36 bits per heavy atom. The molecule has 0 aliphatic rings. The lowest BCUT2D eigenvalue weighted by Gasteiger charge is -2.16. The van der Waals surface area contributed by atoms with Gasteiger partial charge in [0.2, 0.25) is 0 Å². The van der Waals surface area contributed by atoms with Gasteiger partial charge >= 0.3 is 0 Å². The van der Waals surface area contributed by atoms with Crippen LogP contribution in [0.4, 0.5) is 8.78 Å². The van der Waals surface area contributed by atoms with Crippen LogP contribution < -0.4 is 5.73 Å². The van der Waals surface area contributed by atoms with Crippen LogP contribution in [0.1, 0.15) is 18.6 Å². The molecule has 4 heteroatoms. The smallest absolute Gasteiger partial charge is 0.132 e. The molecule has 0 fully saturated rings. The molecule has 1 aromatic carbocycles. The highest BCUT2D eigenvalue weighted by atomic mass is 19.1. The third-order valence-electron chi connectivity index (χ3n) is 1.90. The molecule has 2 nitrogen and oxygen atoms in total. The number of nitrogens with two attached hydrogens (primary N) is 1. The van der Waals surface area contributed by atoms with E-state index in [9.17, 15) is 8.78 Å². The summed E-state index contributed by atoms with van der Waals surface area (Å²) in [5.74, 6) is -1.23. The molecule has 2 N–H and O–H groups in total. The molecule has 0 aromatic heterocycles. The van der Waals surface area contributed by atoms with E-state index in [0.29, 0.717) is 6.61 Å². The fourth-order valence-corrected chi connectivity index (χ4v) is 1.29. The fourth-order valence-electron chi connectivity index (χ4n) is 1.29. The zero-order valence-corrected chi connectivity index (χ0v) is 7.97. The lowest BCUT2D eigenvalue weighted by Crippen LogP contribution is -2.18. The van der Waals surface area contributed by atoms with Gasteiger partial charge in [-0.25, -0.2) is 8.78 Å². The first kappa shape index (κ1) is 11.1. The Morgan fingerprint density at radius 3 is 2.36 bits per heavy atom. The van der Waals surface area contributed by atoms with E-state index >= 15 is 0 Å². The predicted octanol–water partition coefficient (Wildman–Crippen LogP) is 2.00. The van der Waals surface area contributed by atoms with E-state index in [1.165, 1.54) is 18.2 Å². The van der Waals surface area contributed by atoms with Crippen molar-refractivity contribution in [2.45, 2.75) is 13.0 Å². The van der Waals surface area contributed by atoms with Gasteiger partial charge in [-0.1, -0.05) is 6.07 Å². The second-order valence-electron chi connectivity index (χ2n) is 2.82. The van der Waals surface area contributed by atoms with Crippen LogP contribution in [-0.2, 0) is 4.74 Å². The molecule has 0 radical (unpaired) electrons. The van der Waals surface area contributed by atoms with E-state index < -0.39 is 17.7 Å². The second kappa shape index (κ2) is 5.02. The van der Waals surface area contributed by atoms with Gasteiger partial charge in [0.15, 0.2) is 0 Å². The highest BCUT2D eigenvalue weighted by Crippen LogP contribution is 2.22. The van der Waals surface area contributed by atoms with E-state index in [1.807, 2.05) is 0 Å². The summed E-state index contributed by atoms with van der Waals surface area (Å²) in [5, 5.41) is 0. The molecule has 0 bridgehead atoms. The van der Waals surface area contributed by atoms with E-state index in [1.54, 1.807) is 6.92 Å². The zero-order chi connectivity index (χ0) is 10.6. The van der Waals surface area contributed by atoms with Gasteiger partial charge in [-0.2, -0.15) is 0 Å². The second-order valence-corrected chi connectivity index (χ2v) is 2.82. The quantitative estimate of drug-likeness (QED) is 0.808. The molecule has 1 aromatic rings. The Balaban J connectivity index is 3.02. The van der Waals surface area contributed by atoms with Crippen molar-refractivity contribution in [1.29, 1.82) is 0 Å². The first-order valence-electron chi connectivity index (χ1n) is 4.46. The standard InChI is InChI=1S/C10H13F2NO/c1-2-14-9(6-13)10-7(11)4-3-5-8(10)12/h3-5,9H,2,6,13H2,1H3. The van der Waals surface area contributed by atoms with Gasteiger partial charge < -0.3 is 10.5 Å². The predicted molar refractivity (Wildman–Crippen MR) is 49.8 cm³/mol. The van der Waals surface area contributed by atoms with Crippen molar-refractivity contribution in [1.82, 2.24) is 0 Å². The topological polar surface area (TPSA) is 35.2 Å². The van der Waals surface area contributed by atoms with Crippen molar-refractivity contribution in [2.24, 2.45) is 5.73 Å². The SMILES string of the molecule is CCOC(CN)c1c(F)cccc1F. The van der Waals surface area contributed by atoms with E-state index in [-0.39, 0.29) is 12.1 Å². The summed E-state index contributed by atoms with van der Waals surface area (Å²) in [6, 6.07) is 3.70. The first-order valence-corrected chi connectivity index (χ1v) is 4.46. The Bertz CT molecular complexity index is 284. The van der Waals surface area contributed by atoms with Crippen LogP contribution in [0.5, 0.6) is 0 Å². The minimum absolute atomic E-state index is 0.0612. The maximum Gasteiger partial charge on any atom is 0.132 e. The lowest BCUT2D eigenvalue weighted by molar-refractivity contribution is 0.0635. The monoisotopic (exact) mass is 201 g/mol. The Hall–Kier alpha value is -1.00. The summed E-state index contributed by atoms with van der Waals surface area (Å²) in [6.45, 7) is 2.18. The van der Waals surface area contributed by atoms with Gasteiger partial charge in [-0.3, -0.25) is 0 Å². The minimum atomic E-state index is -0.707. The van der Waals surface area contributed by atoms with Gasteiger partial charge in [0.05, 0.1) is 5.56 Å². The third-order valence-corrected chi connectivity index (χ3v) is 1.90. The van der Waals surface area contributed by atoms with E-state index in [2.05, 4.69) is 0 Å². The summed E-state index contributed by atoms with van der Waals surface area (Å²) >= 11 is 0. The van der Waals surface area contributed by atoms with Gasteiger partial charge in [-0.15, -0.1) is 0 Å². The lowest BCUT2D eigenvalue weighted by atomic mass is 10.1. The molecule has 14 heavy (non-hydrogen) atoms. The summed E-state index contributed by atoms with van der Waals surface area (Å²) in [7, 11) is 0. The van der Waals surface area contributed by atoms with Crippen molar-refractivity contribution in [2.75, 3.05) is 13.2 Å². The van der Waals surface area contributed by atoms with Gasteiger partial charge in [0.1, 0.15) is 17.7 Å². The van der Waals surface area contributed by atoms with Crippen LogP contribution in [0.25, 0.3) is 0 Å². The average molecular weight is 201 g/mol.